The topological polar surface area (TPSA) is 181 Å². The molecule has 0 spiro atoms. The first kappa shape index (κ1) is 41.1. The number of aromatic amines is 2. The molecule has 14 nitrogen and oxygen atoms in total. The van der Waals surface area contributed by atoms with Gasteiger partial charge < -0.3 is 45.0 Å². The molecule has 5 unspecified atom stereocenters. The minimum atomic E-state index is -0.778. The highest BCUT2D eigenvalue weighted by Crippen LogP contribution is 2.51. The number of hydrogen-bond donors (Lipinski definition) is 4. The van der Waals surface area contributed by atoms with Crippen LogP contribution in [-0.4, -0.2) is 73.9 Å². The number of hydrogen-bond acceptors (Lipinski definition) is 9. The third kappa shape index (κ3) is 8.15. The van der Waals surface area contributed by atoms with E-state index in [4.69, 9.17) is 24.9 Å². The molecule has 0 saturated carbocycles. The Morgan fingerprint density at radius 2 is 1.61 bits per heavy atom. The molecule has 5 atom stereocenters. The second kappa shape index (κ2) is 17.1. The fourth-order valence-electron chi connectivity index (χ4n) is 8.49. The number of rotatable bonds is 14. The standard InChI is InChI=1S/C47H52N8O6/c1-7-27(5)21-54(46(57)43(26(3)4)53-47(58)59-6)23-39-49-19-34(51-39)30-15-32-24-61-38-18-31(16-33-25-60-37(17-30)40(32)41(33)38)35-20-50-44(52-35)36-14-28(8-2)22-55(36)45(56)42(48)29-12-10-9-11-13-29/h7-13,15-20,26-28,36,42-43H,1-2,14,21-25,48H2,3-6H3,(H,49,51)(H,50,52)(H,53,58). The Labute approximate surface area is 355 Å². The summed E-state index contributed by atoms with van der Waals surface area (Å²) in [4.78, 5) is 59.6. The maximum atomic E-state index is 13.8. The van der Waals surface area contributed by atoms with Crippen molar-refractivity contribution in [1.29, 1.82) is 0 Å². The highest BCUT2D eigenvalue weighted by atomic mass is 16.5. The second-order valence-electron chi connectivity index (χ2n) is 16.4. The van der Waals surface area contributed by atoms with E-state index in [0.717, 1.165) is 61.8 Å². The Kier molecular flexibility index (Phi) is 11.5. The van der Waals surface area contributed by atoms with Crippen LogP contribution in [0.5, 0.6) is 11.5 Å². The average Bonchev–Trinajstić information content (AvgIpc) is 4.07. The fourth-order valence-corrected chi connectivity index (χ4v) is 8.49. The number of carbonyl (C=O) groups excluding carboxylic acids is 3. The molecule has 2 aromatic heterocycles. The quantitative estimate of drug-likeness (QED) is 0.0841. The molecule has 0 radical (unpaired) electrons. The van der Waals surface area contributed by atoms with Gasteiger partial charge >= 0.3 is 6.09 Å². The largest absolute Gasteiger partial charge is 0.488 e. The summed E-state index contributed by atoms with van der Waals surface area (Å²) in [6, 6.07) is 15.8. The lowest BCUT2D eigenvalue weighted by Crippen LogP contribution is -2.51. The van der Waals surface area contributed by atoms with Crippen molar-refractivity contribution in [3.05, 3.63) is 121 Å². The molecular weight excluding hydrogens is 773 g/mol. The van der Waals surface area contributed by atoms with E-state index in [2.05, 4.69) is 45.6 Å². The first-order valence-corrected chi connectivity index (χ1v) is 20.6. The number of alkyl carbamates (subject to hydrolysis) is 1. The predicted octanol–water partition coefficient (Wildman–Crippen LogP) is 7.23. The van der Waals surface area contributed by atoms with Crippen LogP contribution < -0.4 is 20.5 Å². The molecule has 3 aliphatic rings. The number of likely N-dealkylation sites (tertiary alicyclic amines) is 1. The van der Waals surface area contributed by atoms with Crippen molar-refractivity contribution in [2.24, 2.45) is 23.5 Å². The summed E-state index contributed by atoms with van der Waals surface area (Å²) >= 11 is 0. The van der Waals surface area contributed by atoms with Crippen LogP contribution in [0.15, 0.2) is 92.3 Å². The van der Waals surface area contributed by atoms with Gasteiger partial charge in [-0.3, -0.25) is 9.59 Å². The Morgan fingerprint density at radius 3 is 2.21 bits per heavy atom. The van der Waals surface area contributed by atoms with Gasteiger partial charge in [0.05, 0.1) is 43.5 Å². The summed E-state index contributed by atoms with van der Waals surface area (Å²) in [6.45, 7) is 15.4. The number of imidazole rings is 2. The molecule has 5 N–H and O–H groups in total. The first-order valence-electron chi connectivity index (χ1n) is 20.6. The third-order valence-corrected chi connectivity index (χ3v) is 11.9. The zero-order valence-electron chi connectivity index (χ0n) is 34.9. The smallest absolute Gasteiger partial charge is 0.407 e. The SMILES string of the molecule is C=CC(C)CN(Cc1ncc(-c2cc3c4c(c2)OCc2cc(-c5cnc(C6CC(C=C)CN6C(=O)C(N)c6ccccc6)[nH]5)cc(c2-4)OC3)[nH]1)C(=O)C(NC(=O)OC)C(C)C. The fraction of sp³-hybridized carbons (Fsp3) is 0.340. The zero-order chi connectivity index (χ0) is 42.9. The lowest BCUT2D eigenvalue weighted by molar-refractivity contribution is -0.135. The molecular formula is C47H52N8O6. The van der Waals surface area contributed by atoms with Gasteiger partial charge in [-0.2, -0.15) is 0 Å². The number of ether oxygens (including phenoxy) is 3. The van der Waals surface area contributed by atoms with Crippen molar-refractivity contribution in [3.63, 3.8) is 0 Å². The van der Waals surface area contributed by atoms with E-state index in [-0.39, 0.29) is 42.2 Å². The molecule has 0 bridgehead atoms. The Bertz CT molecular complexity index is 2420. The molecule has 5 heterocycles. The van der Waals surface area contributed by atoms with E-state index in [1.54, 1.807) is 23.4 Å². The molecule has 3 aromatic carbocycles. The minimum Gasteiger partial charge on any atom is -0.488 e. The highest BCUT2D eigenvalue weighted by molar-refractivity contribution is 5.89. The number of H-pyrrole nitrogens is 2. The molecule has 5 aromatic rings. The zero-order valence-corrected chi connectivity index (χ0v) is 34.9. The number of benzene rings is 3. The van der Waals surface area contributed by atoms with Crippen molar-refractivity contribution >= 4 is 17.9 Å². The summed E-state index contributed by atoms with van der Waals surface area (Å²) in [5, 5.41) is 2.69. The summed E-state index contributed by atoms with van der Waals surface area (Å²) in [6.07, 6.45) is 7.28. The van der Waals surface area contributed by atoms with Gasteiger partial charge in [0.25, 0.3) is 0 Å². The lowest BCUT2D eigenvalue weighted by atomic mass is 9.87. The Morgan fingerprint density at radius 1 is 0.967 bits per heavy atom. The number of nitrogens with zero attached hydrogens (tertiary/aromatic N) is 4. The van der Waals surface area contributed by atoms with Gasteiger partial charge in [-0.25, -0.2) is 14.8 Å². The summed E-state index contributed by atoms with van der Waals surface area (Å²) in [5.41, 5.74) is 14.6. The van der Waals surface area contributed by atoms with E-state index in [1.165, 1.54) is 7.11 Å². The molecule has 1 fully saturated rings. The average molecular weight is 825 g/mol. The highest BCUT2D eigenvalue weighted by Gasteiger charge is 2.39. The van der Waals surface area contributed by atoms with Crippen LogP contribution >= 0.6 is 0 Å². The van der Waals surface area contributed by atoms with Crippen LogP contribution in [0.1, 0.15) is 67.6 Å². The van der Waals surface area contributed by atoms with Gasteiger partial charge in [-0.1, -0.05) is 63.3 Å². The molecule has 3 aliphatic heterocycles. The number of aromatic nitrogens is 4. The lowest BCUT2D eigenvalue weighted by Gasteiger charge is -2.30. The third-order valence-electron chi connectivity index (χ3n) is 11.9. The predicted molar refractivity (Wildman–Crippen MR) is 231 cm³/mol. The molecule has 14 heteroatoms. The van der Waals surface area contributed by atoms with Crippen molar-refractivity contribution < 1.29 is 28.6 Å². The number of nitrogens with two attached hydrogens (primary N) is 1. The summed E-state index contributed by atoms with van der Waals surface area (Å²) < 4.78 is 17.7. The van der Waals surface area contributed by atoms with Crippen molar-refractivity contribution in [2.45, 2.75) is 65.1 Å². The van der Waals surface area contributed by atoms with E-state index < -0.39 is 18.2 Å². The van der Waals surface area contributed by atoms with Crippen LogP contribution in [0.4, 0.5) is 4.79 Å². The Balaban J connectivity index is 1.02. The number of amides is 3. The molecule has 1 saturated heterocycles. The second-order valence-corrected chi connectivity index (χ2v) is 16.4. The maximum Gasteiger partial charge on any atom is 0.407 e. The number of carbonyl (C=O) groups is 3. The van der Waals surface area contributed by atoms with Gasteiger partial charge in [0.15, 0.2) is 0 Å². The van der Waals surface area contributed by atoms with Crippen molar-refractivity contribution in [3.8, 4) is 45.1 Å². The van der Waals surface area contributed by atoms with Crippen molar-refractivity contribution in [2.75, 3.05) is 20.2 Å². The first-order chi connectivity index (χ1) is 29.5. The van der Waals surface area contributed by atoms with E-state index in [9.17, 15) is 14.4 Å². The molecule has 8 rings (SSSR count). The maximum absolute atomic E-state index is 13.8. The van der Waals surface area contributed by atoms with Gasteiger partial charge in [-0.15, -0.1) is 13.2 Å². The minimum absolute atomic E-state index is 0.00617. The van der Waals surface area contributed by atoms with Crippen LogP contribution in [0.3, 0.4) is 0 Å². The van der Waals surface area contributed by atoms with Gasteiger partial charge in [0, 0.05) is 46.5 Å². The van der Waals surface area contributed by atoms with Crippen LogP contribution in [0, 0.1) is 17.8 Å². The van der Waals surface area contributed by atoms with Gasteiger partial charge in [0.2, 0.25) is 11.8 Å². The van der Waals surface area contributed by atoms with Gasteiger partial charge in [-0.05, 0) is 54.0 Å². The van der Waals surface area contributed by atoms with Crippen molar-refractivity contribution in [1.82, 2.24) is 35.1 Å². The molecule has 3 amide bonds. The summed E-state index contributed by atoms with van der Waals surface area (Å²) in [5.74, 6) is 2.36. The number of nitrogens with one attached hydrogen (secondary N) is 3. The molecule has 61 heavy (non-hydrogen) atoms. The monoisotopic (exact) mass is 824 g/mol. The Hall–Kier alpha value is -6.67. The molecule has 316 valence electrons. The summed E-state index contributed by atoms with van der Waals surface area (Å²) in [7, 11) is 1.27. The van der Waals surface area contributed by atoms with Gasteiger partial charge in [0.1, 0.15) is 48.4 Å². The normalized spacial score (nSPS) is 17.6. The van der Waals surface area contributed by atoms with Crippen LogP contribution in [0.25, 0.3) is 33.6 Å². The van der Waals surface area contributed by atoms with E-state index in [0.29, 0.717) is 44.4 Å². The van der Waals surface area contributed by atoms with Crippen LogP contribution in [-0.2, 0) is 34.1 Å². The van der Waals surface area contributed by atoms with E-state index in [1.807, 2.05) is 74.2 Å². The number of methoxy groups -OCH3 is 1. The van der Waals surface area contributed by atoms with E-state index >= 15 is 0 Å². The molecule has 0 aliphatic carbocycles. The van der Waals surface area contributed by atoms with Crippen LogP contribution in [0.2, 0.25) is 0 Å².